The van der Waals surface area contributed by atoms with Gasteiger partial charge in [-0.3, -0.25) is 14.2 Å². The second-order valence-electron chi connectivity index (χ2n) is 5.66. The fraction of sp³-hybridized carbons (Fsp3) is 0.167. The summed E-state index contributed by atoms with van der Waals surface area (Å²) in [5, 5.41) is 3.33. The summed E-state index contributed by atoms with van der Waals surface area (Å²) >= 11 is 0. The molecule has 1 N–H and O–H groups in total. The molecule has 25 heavy (non-hydrogen) atoms. The Balaban J connectivity index is 1.57. The van der Waals surface area contributed by atoms with Crippen LogP contribution in [0.4, 0.5) is 0 Å². The summed E-state index contributed by atoms with van der Waals surface area (Å²) in [5.74, 6) is 1.37. The average Bonchev–Trinajstić information content (AvgIpc) is 3.11. The Morgan fingerprint density at radius 2 is 2.00 bits per heavy atom. The molecule has 0 unspecified atom stereocenters. The standard InChI is InChI=1S/C18H15N3O4/c1-21-16(20-13-5-3-2-4-12(13)18(21)23)9-19-17(22)11-6-7-14-15(8-11)25-10-24-14/h2-8H,9-10H2,1H3,(H,19,22). The zero-order valence-corrected chi connectivity index (χ0v) is 13.5. The average molecular weight is 337 g/mol. The summed E-state index contributed by atoms with van der Waals surface area (Å²) in [6, 6.07) is 12.1. The number of rotatable bonds is 3. The van der Waals surface area contributed by atoms with Crippen LogP contribution in [0.5, 0.6) is 11.5 Å². The van der Waals surface area contributed by atoms with E-state index in [-0.39, 0.29) is 24.8 Å². The van der Waals surface area contributed by atoms with E-state index in [0.29, 0.717) is 33.8 Å². The molecule has 1 aromatic heterocycles. The first-order chi connectivity index (χ1) is 12.1. The van der Waals surface area contributed by atoms with Crippen molar-refractivity contribution >= 4 is 16.8 Å². The van der Waals surface area contributed by atoms with Crippen LogP contribution in [0.3, 0.4) is 0 Å². The number of carbonyl (C=O) groups excluding carboxylic acids is 1. The van der Waals surface area contributed by atoms with Gasteiger partial charge in [-0.1, -0.05) is 12.1 Å². The molecule has 1 aliphatic heterocycles. The number of benzene rings is 2. The van der Waals surface area contributed by atoms with E-state index in [1.165, 1.54) is 4.57 Å². The van der Waals surface area contributed by atoms with Gasteiger partial charge in [0.2, 0.25) is 6.79 Å². The number of nitrogens with one attached hydrogen (secondary N) is 1. The summed E-state index contributed by atoms with van der Waals surface area (Å²) < 4.78 is 12.0. The Kier molecular flexibility index (Phi) is 3.61. The van der Waals surface area contributed by atoms with E-state index >= 15 is 0 Å². The van der Waals surface area contributed by atoms with Gasteiger partial charge in [-0.25, -0.2) is 4.98 Å². The summed E-state index contributed by atoms with van der Waals surface area (Å²) in [5.41, 5.74) is 0.922. The van der Waals surface area contributed by atoms with Crippen molar-refractivity contribution in [3.63, 3.8) is 0 Å². The predicted octanol–water partition coefficient (Wildman–Crippen LogP) is 1.59. The van der Waals surface area contributed by atoms with Crippen LogP contribution < -0.4 is 20.3 Å². The van der Waals surface area contributed by atoms with Crippen LogP contribution in [-0.4, -0.2) is 22.3 Å². The number of carbonyl (C=O) groups is 1. The molecule has 2 aromatic carbocycles. The molecule has 0 fully saturated rings. The molecule has 0 aliphatic carbocycles. The van der Waals surface area contributed by atoms with Crippen molar-refractivity contribution in [2.24, 2.45) is 7.05 Å². The summed E-state index contributed by atoms with van der Waals surface area (Å²) in [7, 11) is 1.64. The molecule has 7 heteroatoms. The largest absolute Gasteiger partial charge is 0.454 e. The smallest absolute Gasteiger partial charge is 0.261 e. The molecule has 126 valence electrons. The van der Waals surface area contributed by atoms with Gasteiger partial charge in [-0.2, -0.15) is 0 Å². The number of amides is 1. The van der Waals surface area contributed by atoms with Gasteiger partial charge in [-0.05, 0) is 30.3 Å². The van der Waals surface area contributed by atoms with Crippen molar-refractivity contribution in [1.82, 2.24) is 14.9 Å². The number of fused-ring (bicyclic) bond motifs is 2. The van der Waals surface area contributed by atoms with Gasteiger partial charge >= 0.3 is 0 Å². The second kappa shape index (κ2) is 5.94. The fourth-order valence-corrected chi connectivity index (χ4v) is 2.72. The quantitative estimate of drug-likeness (QED) is 0.785. The molecule has 0 saturated carbocycles. The Labute approximate surface area is 142 Å². The highest BCUT2D eigenvalue weighted by molar-refractivity contribution is 5.94. The first kappa shape index (κ1) is 15.2. The topological polar surface area (TPSA) is 82.5 Å². The van der Waals surface area contributed by atoms with Crippen molar-refractivity contribution in [3.05, 3.63) is 64.2 Å². The van der Waals surface area contributed by atoms with Crippen molar-refractivity contribution < 1.29 is 14.3 Å². The monoisotopic (exact) mass is 337 g/mol. The van der Waals surface area contributed by atoms with E-state index in [2.05, 4.69) is 10.3 Å². The molecule has 1 amide bonds. The van der Waals surface area contributed by atoms with Crippen LogP contribution in [0.2, 0.25) is 0 Å². The Hall–Kier alpha value is -3.35. The molecule has 0 radical (unpaired) electrons. The van der Waals surface area contributed by atoms with Gasteiger partial charge in [-0.15, -0.1) is 0 Å². The van der Waals surface area contributed by atoms with E-state index < -0.39 is 0 Å². The molecular weight excluding hydrogens is 322 g/mol. The lowest BCUT2D eigenvalue weighted by atomic mass is 10.2. The SMILES string of the molecule is Cn1c(CNC(=O)c2ccc3c(c2)OCO3)nc2ccccc2c1=O. The second-order valence-corrected chi connectivity index (χ2v) is 5.66. The van der Waals surface area contributed by atoms with Gasteiger partial charge in [0.25, 0.3) is 11.5 Å². The first-order valence-corrected chi connectivity index (χ1v) is 7.76. The first-order valence-electron chi connectivity index (χ1n) is 7.76. The number of hydrogen-bond acceptors (Lipinski definition) is 5. The zero-order chi connectivity index (χ0) is 17.4. The van der Waals surface area contributed by atoms with Gasteiger partial charge in [0, 0.05) is 12.6 Å². The summed E-state index contributed by atoms with van der Waals surface area (Å²) in [6.07, 6.45) is 0. The molecule has 3 aromatic rings. The fourth-order valence-electron chi connectivity index (χ4n) is 2.72. The zero-order valence-electron chi connectivity index (χ0n) is 13.5. The van der Waals surface area contributed by atoms with E-state index in [1.807, 2.05) is 6.07 Å². The highest BCUT2D eigenvalue weighted by Crippen LogP contribution is 2.32. The molecule has 2 heterocycles. The molecule has 1 aliphatic rings. The van der Waals surface area contributed by atoms with Gasteiger partial charge < -0.3 is 14.8 Å². The molecule has 4 rings (SSSR count). The molecule has 0 spiro atoms. The van der Waals surface area contributed by atoms with Crippen LogP contribution in [0.15, 0.2) is 47.3 Å². The minimum absolute atomic E-state index is 0.141. The predicted molar refractivity (Wildman–Crippen MR) is 90.7 cm³/mol. The van der Waals surface area contributed by atoms with Gasteiger partial charge in [0.15, 0.2) is 11.5 Å². The number of aromatic nitrogens is 2. The van der Waals surface area contributed by atoms with Gasteiger partial charge in [0.1, 0.15) is 5.82 Å². The molecule has 0 atom stereocenters. The lowest BCUT2D eigenvalue weighted by molar-refractivity contribution is 0.0949. The van der Waals surface area contributed by atoms with Crippen LogP contribution in [0, 0.1) is 0 Å². The third kappa shape index (κ3) is 2.69. The van der Waals surface area contributed by atoms with Crippen LogP contribution in [0.25, 0.3) is 10.9 Å². The minimum atomic E-state index is -0.277. The van der Waals surface area contributed by atoms with Gasteiger partial charge in [0.05, 0.1) is 17.4 Å². The summed E-state index contributed by atoms with van der Waals surface area (Å²) in [4.78, 5) is 29.2. The number of ether oxygens (including phenoxy) is 2. The highest BCUT2D eigenvalue weighted by atomic mass is 16.7. The van der Waals surface area contributed by atoms with Crippen molar-refractivity contribution in [3.8, 4) is 11.5 Å². The molecule has 7 nitrogen and oxygen atoms in total. The van der Waals surface area contributed by atoms with Crippen LogP contribution in [0.1, 0.15) is 16.2 Å². The van der Waals surface area contributed by atoms with Crippen LogP contribution >= 0.6 is 0 Å². The van der Waals surface area contributed by atoms with E-state index in [1.54, 1.807) is 43.4 Å². The maximum atomic E-state index is 12.4. The number of para-hydroxylation sites is 1. The molecular formula is C18H15N3O4. The van der Waals surface area contributed by atoms with Crippen LogP contribution in [-0.2, 0) is 13.6 Å². The molecule has 0 saturated heterocycles. The Bertz CT molecular complexity index is 1040. The maximum Gasteiger partial charge on any atom is 0.261 e. The van der Waals surface area contributed by atoms with Crippen molar-refractivity contribution in [2.75, 3.05) is 6.79 Å². The maximum absolute atomic E-state index is 12.4. The Morgan fingerprint density at radius 3 is 2.88 bits per heavy atom. The lowest BCUT2D eigenvalue weighted by Gasteiger charge is -2.10. The molecule has 0 bridgehead atoms. The summed E-state index contributed by atoms with van der Waals surface area (Å²) in [6.45, 7) is 0.299. The number of hydrogen-bond donors (Lipinski definition) is 1. The highest BCUT2D eigenvalue weighted by Gasteiger charge is 2.16. The van der Waals surface area contributed by atoms with E-state index in [0.717, 1.165) is 0 Å². The van der Waals surface area contributed by atoms with Crippen molar-refractivity contribution in [2.45, 2.75) is 6.54 Å². The third-order valence-corrected chi connectivity index (χ3v) is 4.12. The van der Waals surface area contributed by atoms with E-state index in [4.69, 9.17) is 9.47 Å². The van der Waals surface area contributed by atoms with E-state index in [9.17, 15) is 9.59 Å². The van der Waals surface area contributed by atoms with Crippen molar-refractivity contribution in [1.29, 1.82) is 0 Å². The Morgan fingerprint density at radius 1 is 1.20 bits per heavy atom. The number of nitrogens with zero attached hydrogens (tertiary/aromatic N) is 2. The minimum Gasteiger partial charge on any atom is -0.454 e. The third-order valence-electron chi connectivity index (χ3n) is 4.12. The normalized spacial score (nSPS) is 12.4. The lowest BCUT2D eigenvalue weighted by Crippen LogP contribution is -2.29.